The number of likely N-dealkylation sites (N-methyl/N-ethyl adjacent to an activating group) is 2. The Kier molecular flexibility index (Phi) is 12.7. The molecule has 0 saturated heterocycles. The lowest BCUT2D eigenvalue weighted by Crippen LogP contribution is -2.32. The average Bonchev–Trinajstić information content (AvgIpc) is 3.39. The summed E-state index contributed by atoms with van der Waals surface area (Å²) in [7, 11) is 0. The third-order valence-electron chi connectivity index (χ3n) is 5.42. The summed E-state index contributed by atoms with van der Waals surface area (Å²) in [6, 6.07) is 0. The van der Waals surface area contributed by atoms with Crippen molar-refractivity contribution in [3.8, 4) is 0 Å². The number of anilines is 2. The number of halogens is 6. The normalized spacial score (nSPS) is 11.6. The number of nitrogens with one attached hydrogen (secondary N) is 2. The molecule has 0 unspecified atom stereocenters. The number of aromatic nitrogens is 2. The van der Waals surface area contributed by atoms with Gasteiger partial charge in [0.1, 0.15) is 11.0 Å². The molecule has 16 heteroatoms. The van der Waals surface area contributed by atoms with E-state index in [1.165, 1.54) is 0 Å². The first-order chi connectivity index (χ1) is 16.5. The minimum absolute atomic E-state index is 0. The van der Waals surface area contributed by atoms with Gasteiger partial charge in [-0.1, -0.05) is 62.0 Å². The number of alkyl halides is 3. The lowest BCUT2D eigenvalue weighted by atomic mass is 10.2. The van der Waals surface area contributed by atoms with Gasteiger partial charge in [-0.05, 0) is 26.2 Å². The van der Waals surface area contributed by atoms with E-state index in [0.29, 0.717) is 48.9 Å². The van der Waals surface area contributed by atoms with Gasteiger partial charge in [0.25, 0.3) is 0 Å². The topological polar surface area (TPSA) is 90.5 Å². The van der Waals surface area contributed by atoms with E-state index in [4.69, 9.17) is 11.6 Å². The van der Waals surface area contributed by atoms with Crippen LogP contribution in [0.5, 0.6) is 0 Å². The molecule has 3 aromatic rings. The molecular weight excluding hydrogens is 596 g/mol. The fraction of sp³-hybridized carbons (Fsp3) is 0.524. The number of hydrogen-bond donors (Lipinski definition) is 2. The smallest absolute Gasteiger partial charge is 0.301 e. The first-order valence-corrected chi connectivity index (χ1v) is 13.1. The SMILES string of the molecule is CCN(CC)CC(=O)Nc1nc2c(Cl)c3nc(NC(=O)CN(CC)CC)sc3c(C(F)(F)F)c2s1.Cl.Cl. The van der Waals surface area contributed by atoms with E-state index in [1.807, 2.05) is 37.5 Å². The van der Waals surface area contributed by atoms with Crippen LogP contribution in [0.4, 0.5) is 23.4 Å². The standard InChI is InChI=1S/C21H26ClF3N6O2S2.2ClH/c1-5-30(6-2)9-11(32)26-19-28-15-14(22)16-18(13(17(15)34-19)21(23,24)25)35-20(29-16)27-12(33)10-31(7-3)8-4;;/h5-10H2,1-4H3,(H,26,28,32)(H,27,29,33);2*1H. The maximum Gasteiger partial charge on any atom is 0.419 e. The first-order valence-electron chi connectivity index (χ1n) is 11.1. The van der Waals surface area contributed by atoms with Crippen molar-refractivity contribution in [2.45, 2.75) is 33.9 Å². The fourth-order valence-electron chi connectivity index (χ4n) is 3.47. The molecule has 0 bridgehead atoms. The van der Waals surface area contributed by atoms with Crippen molar-refractivity contribution in [1.29, 1.82) is 0 Å². The van der Waals surface area contributed by atoms with Gasteiger partial charge in [-0.25, -0.2) is 9.97 Å². The molecule has 8 nitrogen and oxygen atoms in total. The van der Waals surface area contributed by atoms with Gasteiger partial charge in [0.15, 0.2) is 10.3 Å². The Morgan fingerprint density at radius 3 is 1.46 bits per heavy atom. The number of fused-ring (bicyclic) bond motifs is 2. The van der Waals surface area contributed by atoms with Gasteiger partial charge in [-0.2, -0.15) is 13.2 Å². The van der Waals surface area contributed by atoms with E-state index in [-0.39, 0.29) is 85.4 Å². The van der Waals surface area contributed by atoms with E-state index in [2.05, 4.69) is 20.6 Å². The highest BCUT2D eigenvalue weighted by molar-refractivity contribution is 7.25. The predicted octanol–water partition coefficient (Wildman–Crippen LogP) is 5.98. The van der Waals surface area contributed by atoms with Crippen molar-refractivity contribution in [3.05, 3.63) is 10.6 Å². The molecule has 37 heavy (non-hydrogen) atoms. The van der Waals surface area contributed by atoms with Crippen LogP contribution in [0, 0.1) is 0 Å². The summed E-state index contributed by atoms with van der Waals surface area (Å²) < 4.78 is 42.1. The van der Waals surface area contributed by atoms with Crippen molar-refractivity contribution in [2.75, 3.05) is 49.9 Å². The predicted molar refractivity (Wildman–Crippen MR) is 150 cm³/mol. The summed E-state index contributed by atoms with van der Waals surface area (Å²) in [6.45, 7) is 10.4. The Hall–Kier alpha value is -1.48. The molecule has 0 aliphatic carbocycles. The number of benzene rings is 1. The maximum atomic E-state index is 14.2. The van der Waals surface area contributed by atoms with Gasteiger partial charge in [0.05, 0.1) is 33.1 Å². The number of thiazole rings is 2. The van der Waals surface area contributed by atoms with E-state index in [9.17, 15) is 22.8 Å². The van der Waals surface area contributed by atoms with Crippen LogP contribution < -0.4 is 10.6 Å². The zero-order valence-electron chi connectivity index (χ0n) is 20.5. The second kappa shape index (κ2) is 14.1. The highest BCUT2D eigenvalue weighted by Gasteiger charge is 2.39. The Morgan fingerprint density at radius 1 is 0.811 bits per heavy atom. The van der Waals surface area contributed by atoms with Crippen LogP contribution in [0.3, 0.4) is 0 Å². The van der Waals surface area contributed by atoms with E-state index >= 15 is 0 Å². The molecule has 1 aromatic carbocycles. The van der Waals surface area contributed by atoms with Gasteiger partial charge in [-0.3, -0.25) is 19.4 Å². The van der Waals surface area contributed by atoms with E-state index in [0.717, 1.165) is 0 Å². The molecule has 0 fully saturated rings. The number of rotatable bonds is 10. The molecule has 2 N–H and O–H groups in total. The third kappa shape index (κ3) is 7.78. The Labute approximate surface area is 237 Å². The summed E-state index contributed by atoms with van der Waals surface area (Å²) in [5, 5.41) is 5.12. The molecule has 0 aliphatic rings. The van der Waals surface area contributed by atoms with Crippen molar-refractivity contribution < 1.29 is 22.8 Å². The molecule has 0 spiro atoms. The molecule has 2 aromatic heterocycles. The van der Waals surface area contributed by atoms with Crippen LogP contribution >= 0.6 is 59.1 Å². The molecular formula is C21H28Cl3F3N6O2S2. The largest absolute Gasteiger partial charge is 0.419 e. The number of nitrogens with zero attached hydrogens (tertiary/aromatic N) is 4. The Morgan fingerprint density at radius 2 is 1.16 bits per heavy atom. The summed E-state index contributed by atoms with van der Waals surface area (Å²) >= 11 is 7.85. The Bertz CT molecular complexity index is 1150. The van der Waals surface area contributed by atoms with Crippen LogP contribution in [-0.2, 0) is 15.8 Å². The zero-order valence-corrected chi connectivity index (χ0v) is 24.5. The summed E-state index contributed by atoms with van der Waals surface area (Å²) in [4.78, 5) is 36.8. The van der Waals surface area contributed by atoms with Crippen LogP contribution in [0.15, 0.2) is 0 Å². The summed E-state index contributed by atoms with van der Waals surface area (Å²) in [5.41, 5.74) is -1.13. The maximum absolute atomic E-state index is 14.2. The zero-order chi connectivity index (χ0) is 25.9. The average molecular weight is 624 g/mol. The van der Waals surface area contributed by atoms with Crippen molar-refractivity contribution in [2.24, 2.45) is 0 Å². The molecule has 0 radical (unpaired) electrons. The molecule has 208 valence electrons. The molecule has 3 rings (SSSR count). The van der Waals surface area contributed by atoms with Gasteiger partial charge in [-0.15, -0.1) is 24.8 Å². The van der Waals surface area contributed by atoms with Gasteiger partial charge in [0.2, 0.25) is 11.8 Å². The number of amides is 2. The fourth-order valence-corrected chi connectivity index (χ4v) is 6.04. The van der Waals surface area contributed by atoms with Crippen LogP contribution in [0.1, 0.15) is 33.3 Å². The van der Waals surface area contributed by atoms with Crippen LogP contribution in [0.2, 0.25) is 5.02 Å². The first kappa shape index (κ1) is 33.5. The lowest BCUT2D eigenvalue weighted by molar-refractivity contribution is -0.134. The second-order valence-electron chi connectivity index (χ2n) is 7.60. The monoisotopic (exact) mass is 622 g/mol. The minimum Gasteiger partial charge on any atom is -0.301 e. The highest BCUT2D eigenvalue weighted by Crippen LogP contribution is 2.49. The van der Waals surface area contributed by atoms with Crippen molar-refractivity contribution in [1.82, 2.24) is 19.8 Å². The van der Waals surface area contributed by atoms with Crippen LogP contribution in [-0.4, -0.2) is 70.9 Å². The molecule has 2 amide bonds. The number of carbonyl (C=O) groups excluding carboxylic acids is 2. The molecule has 0 aliphatic heterocycles. The number of hydrogen-bond acceptors (Lipinski definition) is 8. The lowest BCUT2D eigenvalue weighted by Gasteiger charge is -2.16. The quantitative estimate of drug-likeness (QED) is 0.289. The summed E-state index contributed by atoms with van der Waals surface area (Å²) in [5.74, 6) is -0.758. The highest BCUT2D eigenvalue weighted by atomic mass is 35.5. The molecule has 0 atom stereocenters. The third-order valence-corrected chi connectivity index (χ3v) is 7.76. The van der Waals surface area contributed by atoms with Crippen LogP contribution in [0.25, 0.3) is 20.4 Å². The van der Waals surface area contributed by atoms with Gasteiger partial charge in [0, 0.05) is 0 Å². The second-order valence-corrected chi connectivity index (χ2v) is 9.98. The molecule has 2 heterocycles. The van der Waals surface area contributed by atoms with Gasteiger partial charge >= 0.3 is 6.18 Å². The van der Waals surface area contributed by atoms with E-state index < -0.39 is 11.7 Å². The van der Waals surface area contributed by atoms with Gasteiger partial charge < -0.3 is 10.6 Å². The van der Waals surface area contributed by atoms with Crippen molar-refractivity contribution in [3.63, 3.8) is 0 Å². The Balaban J connectivity index is 0.00000342. The molecule has 0 saturated carbocycles. The van der Waals surface area contributed by atoms with Crippen molar-refractivity contribution >= 4 is 102 Å². The summed E-state index contributed by atoms with van der Waals surface area (Å²) in [6.07, 6.45) is -4.73. The minimum atomic E-state index is -4.73. The van der Waals surface area contributed by atoms with E-state index in [1.54, 1.807) is 0 Å². The number of carbonyl (C=O) groups is 2.